The normalized spacial score (nSPS) is 11.7. The van der Waals surface area contributed by atoms with Crippen LogP contribution in [-0.2, 0) is 0 Å². The fourth-order valence-corrected chi connectivity index (χ4v) is 1.34. The average Bonchev–Trinajstić information content (AvgIpc) is 2.46. The molecule has 0 aliphatic rings. The number of furan rings is 1. The first-order chi connectivity index (χ1) is 6.40. The first-order valence-corrected chi connectivity index (χ1v) is 5.04. The minimum atomic E-state index is 0.0543. The average molecular weight is 215 g/mol. The number of Topliss-reactive ketones (excluding diaryl/α,β-unsaturated/α-hetero) is 1. The fraction of sp³-hybridized carbons (Fsp3) is 0.545. The van der Waals surface area contributed by atoms with Crippen molar-refractivity contribution in [2.45, 2.75) is 33.6 Å². The zero-order valence-corrected chi connectivity index (χ0v) is 9.52. The van der Waals surface area contributed by atoms with Gasteiger partial charge >= 0.3 is 0 Å². The molecule has 1 aromatic rings. The Kier molecular flexibility index (Phi) is 3.38. The van der Waals surface area contributed by atoms with Gasteiger partial charge in [0.25, 0.3) is 0 Å². The summed E-state index contributed by atoms with van der Waals surface area (Å²) in [6.07, 6.45) is 2.81. The summed E-state index contributed by atoms with van der Waals surface area (Å²) >= 11 is 5.70. The molecule has 0 saturated heterocycles. The molecular weight excluding hydrogens is 200 g/mol. The predicted octanol–water partition coefficient (Wildman–Crippen LogP) is 3.94. The summed E-state index contributed by atoms with van der Waals surface area (Å²) in [4.78, 5) is 11.6. The van der Waals surface area contributed by atoms with Gasteiger partial charge < -0.3 is 4.42 Å². The first kappa shape index (κ1) is 11.3. The molecule has 0 aliphatic carbocycles. The van der Waals surface area contributed by atoms with Gasteiger partial charge in [-0.15, -0.1) is 0 Å². The van der Waals surface area contributed by atoms with Gasteiger partial charge in [-0.25, -0.2) is 0 Å². The third kappa shape index (κ3) is 3.18. The number of hydrogen-bond acceptors (Lipinski definition) is 2. The van der Waals surface area contributed by atoms with E-state index in [9.17, 15) is 4.79 Å². The molecule has 0 spiro atoms. The largest absolute Gasteiger partial charge is 0.452 e. The molecule has 3 heteroatoms. The van der Waals surface area contributed by atoms with Crippen LogP contribution in [0.4, 0.5) is 0 Å². The summed E-state index contributed by atoms with van der Waals surface area (Å²) in [5.41, 5.74) is 0.669. The van der Waals surface area contributed by atoms with Crippen LogP contribution in [0, 0.1) is 5.41 Å². The quantitative estimate of drug-likeness (QED) is 0.714. The lowest BCUT2D eigenvalue weighted by Crippen LogP contribution is -2.08. The molecule has 0 saturated carbocycles. The van der Waals surface area contributed by atoms with E-state index in [4.69, 9.17) is 16.0 Å². The molecule has 0 radical (unpaired) electrons. The van der Waals surface area contributed by atoms with Gasteiger partial charge in [0, 0.05) is 6.42 Å². The molecule has 0 atom stereocenters. The molecule has 0 amide bonds. The molecular formula is C11H15ClO2. The van der Waals surface area contributed by atoms with E-state index in [0.717, 1.165) is 6.42 Å². The lowest BCUT2D eigenvalue weighted by Gasteiger charge is -2.16. The van der Waals surface area contributed by atoms with E-state index in [1.807, 2.05) is 0 Å². The summed E-state index contributed by atoms with van der Waals surface area (Å²) in [6.45, 7) is 6.33. The van der Waals surface area contributed by atoms with E-state index in [1.54, 1.807) is 6.07 Å². The highest BCUT2D eigenvalue weighted by Gasteiger charge is 2.17. The van der Waals surface area contributed by atoms with Gasteiger partial charge in [-0.05, 0) is 29.5 Å². The van der Waals surface area contributed by atoms with Gasteiger partial charge in [-0.1, -0.05) is 20.8 Å². The van der Waals surface area contributed by atoms with Crippen LogP contribution in [0.5, 0.6) is 0 Å². The van der Waals surface area contributed by atoms with E-state index in [0.29, 0.717) is 12.0 Å². The summed E-state index contributed by atoms with van der Waals surface area (Å²) in [7, 11) is 0. The summed E-state index contributed by atoms with van der Waals surface area (Å²) < 4.78 is 4.86. The van der Waals surface area contributed by atoms with Crippen molar-refractivity contribution in [2.24, 2.45) is 5.41 Å². The van der Waals surface area contributed by atoms with Crippen molar-refractivity contribution in [3.8, 4) is 0 Å². The van der Waals surface area contributed by atoms with E-state index in [-0.39, 0.29) is 16.4 Å². The highest BCUT2D eigenvalue weighted by Crippen LogP contribution is 2.24. The third-order valence-corrected chi connectivity index (χ3v) is 2.31. The second-order valence-corrected chi connectivity index (χ2v) is 4.94. The lowest BCUT2D eigenvalue weighted by atomic mass is 9.89. The molecule has 2 nitrogen and oxygen atoms in total. The number of hydrogen-bond donors (Lipinski definition) is 0. The maximum absolute atomic E-state index is 11.6. The molecule has 0 fully saturated rings. The van der Waals surface area contributed by atoms with Crippen molar-refractivity contribution in [1.82, 2.24) is 0 Å². The topological polar surface area (TPSA) is 30.2 Å². The van der Waals surface area contributed by atoms with Gasteiger partial charge in [0.1, 0.15) is 0 Å². The van der Waals surface area contributed by atoms with Crippen molar-refractivity contribution in [3.63, 3.8) is 0 Å². The summed E-state index contributed by atoms with van der Waals surface area (Å²) in [5, 5.41) is 0.198. The monoisotopic (exact) mass is 214 g/mol. The molecule has 1 heterocycles. The molecule has 0 bridgehead atoms. The van der Waals surface area contributed by atoms with Crippen molar-refractivity contribution in [2.75, 3.05) is 0 Å². The van der Waals surface area contributed by atoms with E-state index in [2.05, 4.69) is 20.8 Å². The number of carbonyl (C=O) groups excluding carboxylic acids is 1. The minimum Gasteiger partial charge on any atom is -0.452 e. The highest BCUT2D eigenvalue weighted by molar-refractivity contribution is 6.32. The molecule has 78 valence electrons. The molecule has 14 heavy (non-hydrogen) atoms. The molecule has 1 rings (SSSR count). The lowest BCUT2D eigenvalue weighted by molar-refractivity contribution is 0.0965. The smallest absolute Gasteiger partial charge is 0.203 e. The standard InChI is InChI=1S/C11H15ClO2/c1-11(2,3)6-4-9(13)8-5-7-14-10(8)12/h5,7H,4,6H2,1-3H3. The number of rotatable bonds is 3. The van der Waals surface area contributed by atoms with Crippen molar-refractivity contribution in [1.29, 1.82) is 0 Å². The van der Waals surface area contributed by atoms with Crippen LogP contribution in [0.15, 0.2) is 16.7 Å². The predicted molar refractivity (Wildman–Crippen MR) is 56.7 cm³/mol. The number of ketones is 1. The van der Waals surface area contributed by atoms with Gasteiger partial charge in [-0.3, -0.25) is 4.79 Å². The van der Waals surface area contributed by atoms with E-state index >= 15 is 0 Å². The summed E-state index contributed by atoms with van der Waals surface area (Å²) in [6, 6.07) is 1.62. The molecule has 1 aromatic heterocycles. The Labute approximate surface area is 89.2 Å². The van der Waals surface area contributed by atoms with Crippen LogP contribution in [0.3, 0.4) is 0 Å². The Bertz CT molecular complexity index is 320. The van der Waals surface area contributed by atoms with Crippen molar-refractivity contribution in [3.05, 3.63) is 23.1 Å². The first-order valence-electron chi connectivity index (χ1n) is 4.66. The summed E-state index contributed by atoms with van der Waals surface area (Å²) in [5.74, 6) is 0.0543. The molecule has 0 aliphatic heterocycles. The van der Waals surface area contributed by atoms with E-state index in [1.165, 1.54) is 6.26 Å². The number of halogens is 1. The second-order valence-electron chi connectivity index (χ2n) is 4.59. The van der Waals surface area contributed by atoms with Gasteiger partial charge in [0.05, 0.1) is 11.8 Å². The Morgan fingerprint density at radius 2 is 2.14 bits per heavy atom. The van der Waals surface area contributed by atoms with Crippen LogP contribution in [0.25, 0.3) is 0 Å². The Morgan fingerprint density at radius 3 is 2.57 bits per heavy atom. The Morgan fingerprint density at radius 1 is 1.50 bits per heavy atom. The van der Waals surface area contributed by atoms with Crippen molar-refractivity contribution < 1.29 is 9.21 Å². The van der Waals surface area contributed by atoms with Crippen molar-refractivity contribution >= 4 is 17.4 Å². The fourth-order valence-electron chi connectivity index (χ4n) is 1.12. The maximum Gasteiger partial charge on any atom is 0.203 e. The molecule has 0 N–H and O–H groups in total. The van der Waals surface area contributed by atoms with Gasteiger partial charge in [0.15, 0.2) is 5.78 Å². The van der Waals surface area contributed by atoms with Crippen LogP contribution in [0.2, 0.25) is 5.22 Å². The highest BCUT2D eigenvalue weighted by atomic mass is 35.5. The molecule has 0 aromatic carbocycles. The SMILES string of the molecule is CC(C)(C)CCC(=O)c1ccoc1Cl. The maximum atomic E-state index is 11.6. The van der Waals surface area contributed by atoms with Gasteiger partial charge in [-0.2, -0.15) is 0 Å². The zero-order valence-electron chi connectivity index (χ0n) is 8.76. The third-order valence-electron chi connectivity index (χ3n) is 2.02. The van der Waals surface area contributed by atoms with Gasteiger partial charge in [0.2, 0.25) is 5.22 Å². The minimum absolute atomic E-state index is 0.0543. The Hall–Kier alpha value is -0.760. The van der Waals surface area contributed by atoms with Crippen LogP contribution >= 0.6 is 11.6 Å². The van der Waals surface area contributed by atoms with Crippen LogP contribution in [0.1, 0.15) is 44.0 Å². The van der Waals surface area contributed by atoms with Crippen LogP contribution in [-0.4, -0.2) is 5.78 Å². The Balaban J connectivity index is 2.56. The zero-order chi connectivity index (χ0) is 10.8. The van der Waals surface area contributed by atoms with Crippen LogP contribution < -0.4 is 0 Å². The molecule has 0 unspecified atom stereocenters. The number of carbonyl (C=O) groups is 1. The van der Waals surface area contributed by atoms with E-state index < -0.39 is 0 Å². The second kappa shape index (κ2) is 4.18.